The van der Waals surface area contributed by atoms with E-state index >= 15 is 0 Å². The maximum absolute atomic E-state index is 6.63. The Morgan fingerprint density at radius 3 is 1.13 bits per heavy atom. The first-order valence-electron chi connectivity index (χ1n) is 14.3. The number of halogens is 3. The van der Waals surface area contributed by atoms with Crippen molar-refractivity contribution in [3.05, 3.63) is 173 Å². The Morgan fingerprint density at radius 1 is 0.457 bits per heavy atom. The quantitative estimate of drug-likeness (QED) is 0.226. The van der Waals surface area contributed by atoms with Crippen LogP contribution in [0.4, 0.5) is 0 Å². The number of rotatable bonds is 6. The third-order valence-corrected chi connectivity index (χ3v) is 8.26. The molecule has 0 spiro atoms. The summed E-state index contributed by atoms with van der Waals surface area (Å²) >= 11 is 0. The van der Waals surface area contributed by atoms with E-state index in [-0.39, 0.29) is 66.2 Å². The molecule has 4 aromatic carbocycles. The molecule has 5 nitrogen and oxygen atoms in total. The molecule has 0 fully saturated rings. The number of hydrogen-bond donors (Lipinski definition) is 0. The molecule has 0 radical (unpaired) electrons. The maximum Gasteiger partial charge on any atom is 3.00 e. The van der Waals surface area contributed by atoms with Crippen LogP contribution in [0.3, 0.4) is 0 Å². The molecular weight excluding hydrogens is 684 g/mol. The molecule has 2 aliphatic rings. The van der Waals surface area contributed by atoms with Crippen LogP contribution in [0.2, 0.25) is 0 Å². The summed E-state index contributed by atoms with van der Waals surface area (Å²) in [5.41, 5.74) is 4.32. The summed E-state index contributed by atoms with van der Waals surface area (Å²) in [6, 6.07) is 46.9. The first-order chi connectivity index (χ1) is 20.5. The van der Waals surface area contributed by atoms with Crippen LogP contribution in [-0.4, -0.2) is 16.8 Å². The van der Waals surface area contributed by atoms with Crippen LogP contribution in [0.25, 0.3) is 0 Å². The molecule has 4 atom stereocenters. The minimum absolute atomic E-state index is 0. The van der Waals surface area contributed by atoms with E-state index in [0.29, 0.717) is 23.2 Å². The van der Waals surface area contributed by atoms with Crippen molar-refractivity contribution < 1.29 is 63.5 Å². The predicted octanol–water partition coefficient (Wildman–Crippen LogP) is -1.04. The van der Waals surface area contributed by atoms with Gasteiger partial charge in [0.1, 0.15) is 22.5 Å². The molecule has 0 bridgehead atoms. The zero-order valence-corrected chi connectivity index (χ0v) is 28.4. The van der Waals surface area contributed by atoms with Crippen molar-refractivity contribution in [2.45, 2.75) is 37.1 Å². The van der Waals surface area contributed by atoms with E-state index in [2.05, 4.69) is 62.4 Å². The molecule has 0 amide bonds. The van der Waals surface area contributed by atoms with Crippen molar-refractivity contribution in [3.8, 4) is 0 Å². The van der Waals surface area contributed by atoms with Crippen molar-refractivity contribution in [1.82, 2.24) is 4.98 Å². The van der Waals surface area contributed by atoms with Gasteiger partial charge in [-0.2, -0.15) is 0 Å². The molecule has 0 aliphatic carbocycles. The second-order valence-corrected chi connectivity index (χ2v) is 11.1. The summed E-state index contributed by atoms with van der Waals surface area (Å²) in [5.74, 6) is 1.00. The van der Waals surface area contributed by atoms with E-state index in [0.717, 1.165) is 22.3 Å². The molecule has 3 heterocycles. The average molecular weight is 715 g/mol. The van der Waals surface area contributed by atoms with Crippen LogP contribution < -0.4 is 37.2 Å². The number of aromatic nitrogens is 1. The molecule has 236 valence electrons. The summed E-state index contributed by atoms with van der Waals surface area (Å²) in [6.07, 6.45) is -0.601. The Morgan fingerprint density at radius 2 is 0.783 bits per heavy atom. The van der Waals surface area contributed by atoms with Crippen molar-refractivity contribution in [2.75, 3.05) is 0 Å². The van der Waals surface area contributed by atoms with E-state index in [1.165, 1.54) is 0 Å². The third kappa shape index (κ3) is 6.73. The number of ether oxygens (including phenoxy) is 2. The summed E-state index contributed by atoms with van der Waals surface area (Å²) in [7, 11) is 0. The smallest absolute Gasteiger partial charge is 1.00 e. The maximum atomic E-state index is 6.63. The van der Waals surface area contributed by atoms with E-state index in [1.807, 2.05) is 91.0 Å². The summed E-state index contributed by atoms with van der Waals surface area (Å²) in [4.78, 5) is 15.4. The standard InChI is InChI=1S/C37H31N3O2.3ClH.Co/c1-36(28-20-11-5-12-21-28)32(26-16-7-3-8-17-26)41-34(39-36)30-24-15-25-31(38-30)35-40-37(2,29-22-13-6-14-23-29)33(42-35)27-18-9-4-10-19-27;;;;/h3-25,32-33H,1-2H3;3*1H;/q;;;;+3/p-3. The molecular formula is C37H31Cl3CoN3O2. The van der Waals surface area contributed by atoms with Gasteiger partial charge in [-0.15, -0.1) is 0 Å². The minimum Gasteiger partial charge on any atom is -1.00 e. The molecule has 0 saturated carbocycles. The second-order valence-electron chi connectivity index (χ2n) is 11.1. The topological polar surface area (TPSA) is 56.1 Å². The third-order valence-electron chi connectivity index (χ3n) is 8.26. The van der Waals surface area contributed by atoms with Gasteiger partial charge in [-0.05, 0) is 48.2 Å². The average Bonchev–Trinajstić information content (AvgIpc) is 3.62. The molecule has 0 N–H and O–H groups in total. The number of benzene rings is 4. The van der Waals surface area contributed by atoms with Crippen molar-refractivity contribution in [3.63, 3.8) is 0 Å². The Labute approximate surface area is 299 Å². The van der Waals surface area contributed by atoms with Gasteiger partial charge >= 0.3 is 16.8 Å². The van der Waals surface area contributed by atoms with Crippen LogP contribution in [-0.2, 0) is 37.3 Å². The first kappa shape index (κ1) is 36.8. The summed E-state index contributed by atoms with van der Waals surface area (Å²) in [5, 5.41) is 0. The van der Waals surface area contributed by atoms with Gasteiger partial charge < -0.3 is 46.7 Å². The minimum atomic E-state index is -0.624. The SMILES string of the molecule is CC1(c2ccccc2)N=C(c2cccc(C3=NC(C)(c4ccccc4)C(c4ccccc4)O3)n2)OC1c1ccccc1.[Cl-].[Cl-].[Cl-].[Co+3]. The number of nitrogens with zero attached hydrogens (tertiary/aromatic N) is 3. The Kier molecular flexibility index (Phi) is 12.2. The van der Waals surface area contributed by atoms with Crippen LogP contribution in [0.1, 0.15) is 59.7 Å². The number of hydrogen-bond acceptors (Lipinski definition) is 5. The molecule has 9 heteroatoms. The van der Waals surface area contributed by atoms with Gasteiger partial charge in [-0.25, -0.2) is 15.0 Å². The zero-order valence-electron chi connectivity index (χ0n) is 25.1. The Hall–Kier alpha value is -3.65. The van der Waals surface area contributed by atoms with Gasteiger partial charge in [0.25, 0.3) is 0 Å². The molecule has 7 rings (SSSR count). The van der Waals surface area contributed by atoms with Gasteiger partial charge in [-0.1, -0.05) is 127 Å². The van der Waals surface area contributed by atoms with Crippen LogP contribution in [0, 0.1) is 0 Å². The van der Waals surface area contributed by atoms with E-state index in [9.17, 15) is 0 Å². The normalized spacial score (nSPS) is 22.7. The Bertz CT molecular complexity index is 1650. The zero-order chi connectivity index (χ0) is 28.6. The van der Waals surface area contributed by atoms with Gasteiger partial charge in [0.2, 0.25) is 11.8 Å². The summed E-state index contributed by atoms with van der Waals surface area (Å²) in [6.45, 7) is 4.24. The summed E-state index contributed by atoms with van der Waals surface area (Å²) < 4.78 is 13.3. The van der Waals surface area contributed by atoms with Crippen LogP contribution >= 0.6 is 0 Å². The van der Waals surface area contributed by atoms with Crippen molar-refractivity contribution >= 4 is 11.8 Å². The van der Waals surface area contributed by atoms with Crippen LogP contribution in [0.5, 0.6) is 0 Å². The Balaban J connectivity index is 0.00000144. The van der Waals surface area contributed by atoms with Gasteiger partial charge in [0, 0.05) is 0 Å². The fourth-order valence-electron chi connectivity index (χ4n) is 5.98. The van der Waals surface area contributed by atoms with E-state index in [1.54, 1.807) is 0 Å². The fourth-order valence-corrected chi connectivity index (χ4v) is 5.98. The number of aliphatic imine (C=N–C) groups is 2. The van der Waals surface area contributed by atoms with Gasteiger partial charge in [0.15, 0.2) is 12.2 Å². The second kappa shape index (κ2) is 15.3. The van der Waals surface area contributed by atoms with Gasteiger partial charge in [-0.3, -0.25) is 0 Å². The molecule has 0 saturated heterocycles. The largest absolute Gasteiger partial charge is 3.00 e. The molecule has 1 aromatic heterocycles. The van der Waals surface area contributed by atoms with E-state index in [4.69, 9.17) is 24.4 Å². The van der Waals surface area contributed by atoms with Crippen LogP contribution in [0.15, 0.2) is 150 Å². The van der Waals surface area contributed by atoms with Gasteiger partial charge in [0.05, 0.1) is 0 Å². The molecule has 46 heavy (non-hydrogen) atoms. The van der Waals surface area contributed by atoms with Crippen molar-refractivity contribution in [2.24, 2.45) is 9.98 Å². The van der Waals surface area contributed by atoms with Crippen molar-refractivity contribution in [1.29, 1.82) is 0 Å². The fraction of sp³-hybridized carbons (Fsp3) is 0.162. The number of pyridine rings is 1. The predicted molar refractivity (Wildman–Crippen MR) is 165 cm³/mol. The molecule has 2 aliphatic heterocycles. The monoisotopic (exact) mass is 713 g/mol. The van der Waals surface area contributed by atoms with E-state index < -0.39 is 11.1 Å². The molecule has 4 unspecified atom stereocenters. The molecule has 5 aromatic rings. The first-order valence-corrected chi connectivity index (χ1v) is 14.3.